The third-order valence-corrected chi connectivity index (χ3v) is 2.63. The number of nitriles is 1. The molecule has 0 atom stereocenters. The minimum Gasteiger partial charge on any atom is -0.340 e. The highest BCUT2D eigenvalue weighted by Gasteiger charge is 2.15. The minimum absolute atomic E-state index is 0.191. The van der Waals surface area contributed by atoms with Gasteiger partial charge in [-0.05, 0) is 33.2 Å². The fourth-order valence-corrected chi connectivity index (χ4v) is 1.50. The Labute approximate surface area is 102 Å². The molecule has 17 heavy (non-hydrogen) atoms. The zero-order valence-electron chi connectivity index (χ0n) is 10.6. The summed E-state index contributed by atoms with van der Waals surface area (Å²) in [5, 5.41) is 15.7. The van der Waals surface area contributed by atoms with Gasteiger partial charge in [0.15, 0.2) is 6.33 Å². The van der Waals surface area contributed by atoms with Gasteiger partial charge in [-0.2, -0.15) is 10.2 Å². The first kappa shape index (κ1) is 13.7. The average Bonchev–Trinajstić information content (AvgIpc) is 2.81. The number of hydrogen-bond acceptors (Lipinski definition) is 5. The van der Waals surface area contributed by atoms with Gasteiger partial charge in [-0.15, -0.1) is 0 Å². The smallest absolute Gasteiger partial charge is 0.227 e. The zero-order valence-corrected chi connectivity index (χ0v) is 10.6. The summed E-state index contributed by atoms with van der Waals surface area (Å²) in [6, 6.07) is 2.31. The van der Waals surface area contributed by atoms with Crippen LogP contribution in [0, 0.1) is 16.7 Å². The monoisotopic (exact) mass is 236 g/mol. The molecule has 0 aliphatic heterocycles. The van der Waals surface area contributed by atoms with E-state index in [4.69, 9.17) is 9.78 Å². The van der Waals surface area contributed by atoms with Crippen LogP contribution in [0.15, 0.2) is 10.9 Å². The number of aromatic nitrogens is 2. The Kier molecular flexibility index (Phi) is 5.64. The molecule has 94 valence electrons. The van der Waals surface area contributed by atoms with Crippen LogP contribution in [-0.2, 0) is 6.42 Å². The van der Waals surface area contributed by atoms with Gasteiger partial charge in [0, 0.05) is 13.0 Å². The van der Waals surface area contributed by atoms with Crippen LogP contribution >= 0.6 is 0 Å². The molecule has 0 aliphatic carbocycles. The standard InChI is InChI=1S/C12H20N4O/c1-12(2,9-13)6-3-4-7-14-8-5-11-15-10-16-17-11/h10,14H,3-8H2,1-2H3. The summed E-state index contributed by atoms with van der Waals surface area (Å²) < 4.78 is 4.88. The highest BCUT2D eigenvalue weighted by Crippen LogP contribution is 2.21. The van der Waals surface area contributed by atoms with Gasteiger partial charge in [0.2, 0.25) is 5.89 Å². The second kappa shape index (κ2) is 7.02. The maximum atomic E-state index is 8.85. The van der Waals surface area contributed by atoms with E-state index >= 15 is 0 Å². The molecule has 0 aliphatic rings. The minimum atomic E-state index is -0.191. The molecule has 1 aromatic heterocycles. The van der Waals surface area contributed by atoms with Crippen molar-refractivity contribution in [2.75, 3.05) is 13.1 Å². The van der Waals surface area contributed by atoms with Gasteiger partial charge >= 0.3 is 0 Å². The van der Waals surface area contributed by atoms with Crippen molar-refractivity contribution >= 4 is 0 Å². The lowest BCUT2D eigenvalue weighted by Gasteiger charge is -2.14. The number of nitrogens with zero attached hydrogens (tertiary/aromatic N) is 3. The van der Waals surface area contributed by atoms with Crippen LogP contribution < -0.4 is 5.32 Å². The Balaban J connectivity index is 1.93. The lowest BCUT2D eigenvalue weighted by atomic mass is 9.89. The summed E-state index contributed by atoms with van der Waals surface area (Å²) in [6.07, 6.45) is 5.31. The Morgan fingerprint density at radius 1 is 1.41 bits per heavy atom. The summed E-state index contributed by atoms with van der Waals surface area (Å²) in [7, 11) is 0. The topological polar surface area (TPSA) is 74.7 Å². The number of unbranched alkanes of at least 4 members (excludes halogenated alkanes) is 1. The van der Waals surface area contributed by atoms with Gasteiger partial charge in [0.05, 0.1) is 11.5 Å². The molecule has 0 unspecified atom stereocenters. The van der Waals surface area contributed by atoms with Crippen LogP contribution in [0.2, 0.25) is 0 Å². The number of nitrogens with one attached hydrogen (secondary N) is 1. The summed E-state index contributed by atoms with van der Waals surface area (Å²) >= 11 is 0. The Morgan fingerprint density at radius 2 is 2.24 bits per heavy atom. The highest BCUT2D eigenvalue weighted by atomic mass is 16.5. The Hall–Kier alpha value is -1.41. The maximum Gasteiger partial charge on any atom is 0.227 e. The van der Waals surface area contributed by atoms with Crippen molar-refractivity contribution in [1.82, 2.24) is 15.5 Å². The molecule has 1 N–H and O–H groups in total. The third kappa shape index (κ3) is 6.03. The van der Waals surface area contributed by atoms with E-state index in [1.807, 2.05) is 13.8 Å². The van der Waals surface area contributed by atoms with Crippen LogP contribution in [0.5, 0.6) is 0 Å². The van der Waals surface area contributed by atoms with E-state index in [9.17, 15) is 0 Å². The molecule has 0 radical (unpaired) electrons. The predicted molar refractivity (Wildman–Crippen MR) is 64.1 cm³/mol. The molecule has 0 spiro atoms. The van der Waals surface area contributed by atoms with Crippen LogP contribution in [0.3, 0.4) is 0 Å². The van der Waals surface area contributed by atoms with E-state index in [0.717, 1.165) is 38.8 Å². The van der Waals surface area contributed by atoms with E-state index in [2.05, 4.69) is 21.5 Å². The quantitative estimate of drug-likeness (QED) is 0.698. The highest BCUT2D eigenvalue weighted by molar-refractivity contribution is 4.91. The van der Waals surface area contributed by atoms with Crippen molar-refractivity contribution in [2.24, 2.45) is 5.41 Å². The molecule has 0 amide bonds. The summed E-state index contributed by atoms with van der Waals surface area (Å²) in [5.41, 5.74) is -0.191. The van der Waals surface area contributed by atoms with Crippen LogP contribution in [0.1, 0.15) is 39.0 Å². The molecular weight excluding hydrogens is 216 g/mol. The molecule has 0 aromatic carbocycles. The molecule has 0 bridgehead atoms. The SMILES string of the molecule is CC(C)(C#N)CCCCNCCc1ncno1. The maximum absolute atomic E-state index is 8.85. The van der Waals surface area contributed by atoms with Crippen molar-refractivity contribution in [1.29, 1.82) is 5.26 Å². The number of rotatable bonds is 8. The normalized spacial score (nSPS) is 11.4. The van der Waals surface area contributed by atoms with Crippen molar-refractivity contribution in [2.45, 2.75) is 39.5 Å². The first-order valence-corrected chi connectivity index (χ1v) is 6.01. The van der Waals surface area contributed by atoms with Crippen molar-refractivity contribution in [3.8, 4) is 6.07 Å². The Morgan fingerprint density at radius 3 is 2.88 bits per heavy atom. The summed E-state index contributed by atoms with van der Waals surface area (Å²) in [4.78, 5) is 3.94. The predicted octanol–water partition coefficient (Wildman–Crippen LogP) is 1.92. The van der Waals surface area contributed by atoms with Gasteiger partial charge < -0.3 is 9.84 Å². The fraction of sp³-hybridized carbons (Fsp3) is 0.750. The summed E-state index contributed by atoms with van der Waals surface area (Å²) in [6.45, 7) is 5.78. The molecule has 0 fully saturated rings. The van der Waals surface area contributed by atoms with Gasteiger partial charge in [-0.1, -0.05) is 11.6 Å². The molecule has 0 saturated heterocycles. The molecule has 1 heterocycles. The van der Waals surface area contributed by atoms with E-state index in [-0.39, 0.29) is 5.41 Å². The van der Waals surface area contributed by atoms with Gasteiger partial charge in [-0.25, -0.2) is 0 Å². The third-order valence-electron chi connectivity index (χ3n) is 2.63. The second-order valence-electron chi connectivity index (χ2n) is 4.79. The lowest BCUT2D eigenvalue weighted by molar-refractivity contribution is 0.374. The van der Waals surface area contributed by atoms with Crippen molar-refractivity contribution in [3.63, 3.8) is 0 Å². The van der Waals surface area contributed by atoms with Crippen molar-refractivity contribution < 1.29 is 4.52 Å². The second-order valence-corrected chi connectivity index (χ2v) is 4.79. The first-order valence-electron chi connectivity index (χ1n) is 6.01. The fourth-order valence-electron chi connectivity index (χ4n) is 1.50. The average molecular weight is 236 g/mol. The molecule has 5 heteroatoms. The largest absolute Gasteiger partial charge is 0.340 e. The summed E-state index contributed by atoms with van der Waals surface area (Å²) in [5.74, 6) is 0.670. The van der Waals surface area contributed by atoms with E-state index < -0.39 is 0 Å². The van der Waals surface area contributed by atoms with E-state index in [1.54, 1.807) is 0 Å². The Bertz CT molecular complexity index is 340. The molecule has 1 rings (SSSR count). The van der Waals surface area contributed by atoms with Crippen LogP contribution in [0.25, 0.3) is 0 Å². The molecule has 0 saturated carbocycles. The molecular formula is C12H20N4O. The molecule has 1 aromatic rings. The van der Waals surface area contributed by atoms with E-state index in [1.165, 1.54) is 6.33 Å². The van der Waals surface area contributed by atoms with Crippen LogP contribution in [0.4, 0.5) is 0 Å². The van der Waals surface area contributed by atoms with Gasteiger partial charge in [0.1, 0.15) is 0 Å². The number of hydrogen-bond donors (Lipinski definition) is 1. The molecule has 5 nitrogen and oxygen atoms in total. The van der Waals surface area contributed by atoms with Gasteiger partial charge in [-0.3, -0.25) is 0 Å². The van der Waals surface area contributed by atoms with E-state index in [0.29, 0.717) is 5.89 Å². The van der Waals surface area contributed by atoms with Crippen molar-refractivity contribution in [3.05, 3.63) is 12.2 Å². The zero-order chi connectivity index (χ0) is 12.6. The first-order chi connectivity index (χ1) is 8.14. The van der Waals surface area contributed by atoms with Gasteiger partial charge in [0.25, 0.3) is 0 Å². The lowest BCUT2D eigenvalue weighted by Crippen LogP contribution is -2.19. The van der Waals surface area contributed by atoms with Crippen LogP contribution in [-0.4, -0.2) is 23.2 Å².